The molecule has 0 bridgehead atoms. The number of piperidine rings is 1. The summed E-state index contributed by atoms with van der Waals surface area (Å²) in [4.78, 5) is 2.27. The summed E-state index contributed by atoms with van der Waals surface area (Å²) in [5.41, 5.74) is 2.00. The number of benzene rings is 2. The molecule has 2 aromatic carbocycles. The first-order chi connectivity index (χ1) is 15.0. The van der Waals surface area contributed by atoms with E-state index in [0.717, 1.165) is 43.1 Å². The summed E-state index contributed by atoms with van der Waals surface area (Å²) in [6.07, 6.45) is 1.000. The van der Waals surface area contributed by atoms with E-state index in [1.165, 1.54) is 12.1 Å². The Kier molecular flexibility index (Phi) is 6.27. The van der Waals surface area contributed by atoms with Gasteiger partial charge in [-0.1, -0.05) is 18.2 Å². The highest BCUT2D eigenvalue weighted by Crippen LogP contribution is 2.32. The van der Waals surface area contributed by atoms with Crippen molar-refractivity contribution in [3.05, 3.63) is 59.5 Å². The van der Waals surface area contributed by atoms with Crippen LogP contribution in [-0.4, -0.2) is 36.5 Å². The topological polar surface area (TPSA) is 50.3 Å². The molecule has 1 N–H and O–H groups in total. The van der Waals surface area contributed by atoms with Crippen LogP contribution >= 0.6 is 0 Å². The number of fused-ring (bicyclic) bond motifs is 1. The molecule has 2 atom stereocenters. The van der Waals surface area contributed by atoms with Gasteiger partial charge in [-0.15, -0.1) is 0 Å². The van der Waals surface area contributed by atoms with Crippen LogP contribution in [-0.2, 0) is 4.74 Å². The number of nitrogens with zero attached hydrogens (tertiary/aromatic N) is 3. The van der Waals surface area contributed by atoms with Crippen LogP contribution in [0.3, 0.4) is 0 Å². The highest BCUT2D eigenvalue weighted by Gasteiger charge is 2.22. The van der Waals surface area contributed by atoms with Crippen molar-refractivity contribution in [3.63, 3.8) is 0 Å². The molecule has 1 aromatic heterocycles. The van der Waals surface area contributed by atoms with E-state index in [9.17, 15) is 13.2 Å². The minimum atomic E-state index is -2.86. The van der Waals surface area contributed by atoms with Crippen molar-refractivity contribution in [2.24, 2.45) is 0 Å². The predicted molar refractivity (Wildman–Crippen MR) is 115 cm³/mol. The number of anilines is 2. The SMILES string of the molecule is CO[C@@H]1CCCN(c2ccc3nncc(N[C@H](C)c4cccc(C(F)F)c4F)c3c2)C1. The van der Waals surface area contributed by atoms with Gasteiger partial charge in [-0.25, -0.2) is 13.2 Å². The average Bonchev–Trinajstić information content (AvgIpc) is 2.79. The molecule has 164 valence electrons. The Bertz CT molecular complexity index is 1060. The summed E-state index contributed by atoms with van der Waals surface area (Å²) >= 11 is 0. The number of ether oxygens (including phenoxy) is 1. The molecule has 0 amide bonds. The van der Waals surface area contributed by atoms with Crippen LogP contribution in [0, 0.1) is 5.82 Å². The summed E-state index contributed by atoms with van der Waals surface area (Å²) in [7, 11) is 1.73. The number of methoxy groups -OCH3 is 1. The van der Waals surface area contributed by atoms with E-state index in [0.29, 0.717) is 11.2 Å². The molecule has 31 heavy (non-hydrogen) atoms. The van der Waals surface area contributed by atoms with Crippen LogP contribution in [0.1, 0.15) is 43.4 Å². The van der Waals surface area contributed by atoms with Crippen LogP contribution in [0.2, 0.25) is 0 Å². The van der Waals surface area contributed by atoms with Crippen molar-refractivity contribution in [2.75, 3.05) is 30.4 Å². The summed E-state index contributed by atoms with van der Waals surface area (Å²) in [6.45, 7) is 3.48. The first-order valence-corrected chi connectivity index (χ1v) is 10.3. The van der Waals surface area contributed by atoms with E-state index in [-0.39, 0.29) is 11.7 Å². The van der Waals surface area contributed by atoms with E-state index < -0.39 is 23.8 Å². The van der Waals surface area contributed by atoms with Crippen LogP contribution < -0.4 is 10.2 Å². The molecule has 0 spiro atoms. The Balaban J connectivity index is 1.64. The lowest BCUT2D eigenvalue weighted by atomic mass is 10.0. The van der Waals surface area contributed by atoms with Gasteiger partial charge >= 0.3 is 0 Å². The fraction of sp³-hybridized carbons (Fsp3) is 0.391. The normalized spacial score (nSPS) is 17.9. The molecule has 0 saturated carbocycles. The molecule has 0 unspecified atom stereocenters. The minimum Gasteiger partial charge on any atom is -0.380 e. The van der Waals surface area contributed by atoms with E-state index in [1.54, 1.807) is 20.2 Å². The van der Waals surface area contributed by atoms with E-state index in [2.05, 4.69) is 20.4 Å². The van der Waals surface area contributed by atoms with Crippen molar-refractivity contribution in [1.82, 2.24) is 10.2 Å². The Morgan fingerprint density at radius 2 is 2.00 bits per heavy atom. The van der Waals surface area contributed by atoms with E-state index in [1.807, 2.05) is 18.2 Å². The zero-order chi connectivity index (χ0) is 22.0. The highest BCUT2D eigenvalue weighted by molar-refractivity contribution is 5.93. The smallest absolute Gasteiger partial charge is 0.266 e. The van der Waals surface area contributed by atoms with Crippen LogP contribution in [0.5, 0.6) is 0 Å². The molecule has 8 heteroatoms. The second kappa shape index (κ2) is 9.09. The lowest BCUT2D eigenvalue weighted by molar-refractivity contribution is 0.0893. The number of hydrogen-bond donors (Lipinski definition) is 1. The lowest BCUT2D eigenvalue weighted by Gasteiger charge is -2.33. The minimum absolute atomic E-state index is 0.179. The molecule has 1 saturated heterocycles. The molecule has 2 heterocycles. The van der Waals surface area contributed by atoms with Gasteiger partial charge in [0.2, 0.25) is 0 Å². The molecule has 4 rings (SSSR count). The molecule has 1 fully saturated rings. The number of hydrogen-bond acceptors (Lipinski definition) is 5. The van der Waals surface area contributed by atoms with E-state index in [4.69, 9.17) is 4.74 Å². The standard InChI is InChI=1S/C23H25F3N4O/c1-14(17-6-3-7-18(22(17)24)23(25)26)28-21-12-27-29-20-9-8-15(11-19(20)21)30-10-4-5-16(13-30)31-2/h3,6-9,11-12,14,16,23H,4-5,10,13H2,1-2H3,(H,28,29)/t14-,16-/m1/s1. The molecular formula is C23H25F3N4O. The zero-order valence-electron chi connectivity index (χ0n) is 17.5. The van der Waals surface area contributed by atoms with Crippen molar-refractivity contribution in [2.45, 2.75) is 38.3 Å². The Hall–Kier alpha value is -2.87. The third kappa shape index (κ3) is 4.44. The van der Waals surface area contributed by atoms with Gasteiger partial charge in [0.1, 0.15) is 5.82 Å². The monoisotopic (exact) mass is 430 g/mol. The van der Waals surface area contributed by atoms with Crippen molar-refractivity contribution in [3.8, 4) is 0 Å². The van der Waals surface area contributed by atoms with Gasteiger partial charge < -0.3 is 15.0 Å². The van der Waals surface area contributed by atoms with E-state index >= 15 is 0 Å². The maximum atomic E-state index is 14.6. The first kappa shape index (κ1) is 21.4. The summed E-state index contributed by atoms with van der Waals surface area (Å²) in [6, 6.07) is 9.47. The molecule has 0 aliphatic carbocycles. The Morgan fingerprint density at radius 3 is 2.77 bits per heavy atom. The molecule has 5 nitrogen and oxygen atoms in total. The second-order valence-electron chi connectivity index (χ2n) is 7.82. The number of alkyl halides is 2. The molecule has 1 aliphatic rings. The molecule has 3 aromatic rings. The van der Waals surface area contributed by atoms with Crippen LogP contribution in [0.25, 0.3) is 10.9 Å². The predicted octanol–water partition coefficient (Wildman–Crippen LogP) is 5.49. The third-order valence-corrected chi connectivity index (χ3v) is 5.83. The third-order valence-electron chi connectivity index (χ3n) is 5.83. The molecular weight excluding hydrogens is 405 g/mol. The number of halogens is 3. The van der Waals surface area contributed by atoms with Crippen LogP contribution in [0.4, 0.5) is 24.5 Å². The van der Waals surface area contributed by atoms with Crippen molar-refractivity contribution < 1.29 is 17.9 Å². The van der Waals surface area contributed by atoms with Gasteiger partial charge in [0.25, 0.3) is 6.43 Å². The second-order valence-corrected chi connectivity index (χ2v) is 7.82. The number of aromatic nitrogens is 2. The zero-order valence-corrected chi connectivity index (χ0v) is 17.5. The van der Waals surface area contributed by atoms with Gasteiger partial charge in [0.15, 0.2) is 0 Å². The summed E-state index contributed by atoms with van der Waals surface area (Å²) in [5.74, 6) is -0.886. The average molecular weight is 430 g/mol. The fourth-order valence-corrected chi connectivity index (χ4v) is 4.10. The largest absolute Gasteiger partial charge is 0.380 e. The van der Waals surface area contributed by atoms with Gasteiger partial charge in [-0.05, 0) is 38.0 Å². The Labute approximate surface area is 179 Å². The lowest BCUT2D eigenvalue weighted by Crippen LogP contribution is -2.39. The molecule has 1 aliphatic heterocycles. The fourth-order valence-electron chi connectivity index (χ4n) is 4.10. The summed E-state index contributed by atoms with van der Waals surface area (Å²) < 4.78 is 46.3. The Morgan fingerprint density at radius 1 is 1.19 bits per heavy atom. The highest BCUT2D eigenvalue weighted by atomic mass is 19.3. The summed E-state index contributed by atoms with van der Waals surface area (Å²) in [5, 5.41) is 12.3. The quantitative estimate of drug-likeness (QED) is 0.560. The number of rotatable bonds is 6. The number of nitrogens with one attached hydrogen (secondary N) is 1. The van der Waals surface area contributed by atoms with Gasteiger partial charge in [0, 0.05) is 36.8 Å². The maximum Gasteiger partial charge on any atom is 0.266 e. The van der Waals surface area contributed by atoms with Gasteiger partial charge in [-0.3, -0.25) is 0 Å². The van der Waals surface area contributed by atoms with Crippen LogP contribution in [0.15, 0.2) is 42.6 Å². The first-order valence-electron chi connectivity index (χ1n) is 10.3. The maximum absolute atomic E-state index is 14.6. The molecule has 0 radical (unpaired) electrons. The van der Waals surface area contributed by atoms with Gasteiger partial charge in [0.05, 0.1) is 35.1 Å². The van der Waals surface area contributed by atoms with Crippen molar-refractivity contribution in [1.29, 1.82) is 0 Å². The van der Waals surface area contributed by atoms with Gasteiger partial charge in [-0.2, -0.15) is 10.2 Å². The van der Waals surface area contributed by atoms with Crippen molar-refractivity contribution >= 4 is 22.3 Å².